The van der Waals surface area contributed by atoms with Gasteiger partial charge in [-0.25, -0.2) is 4.39 Å². The van der Waals surface area contributed by atoms with Crippen LogP contribution < -0.4 is 5.73 Å². The Morgan fingerprint density at radius 1 is 1.41 bits per heavy atom. The summed E-state index contributed by atoms with van der Waals surface area (Å²) in [7, 11) is 0. The van der Waals surface area contributed by atoms with Crippen LogP contribution in [-0.2, 0) is 6.42 Å². The maximum absolute atomic E-state index is 13.3. The molecule has 0 aliphatic rings. The highest BCUT2D eigenvalue weighted by Gasteiger charge is 2.08. The molecule has 0 saturated carbocycles. The second kappa shape index (κ2) is 5.52. The zero-order valence-electron chi connectivity index (χ0n) is 10.1. The molecule has 4 heteroatoms. The molecule has 2 aromatic rings. The van der Waals surface area contributed by atoms with Crippen molar-refractivity contribution in [2.45, 2.75) is 32.7 Å². The van der Waals surface area contributed by atoms with Crippen molar-refractivity contribution in [2.24, 2.45) is 5.73 Å². The van der Waals surface area contributed by atoms with Gasteiger partial charge in [0.1, 0.15) is 5.82 Å². The summed E-state index contributed by atoms with van der Waals surface area (Å²) >= 11 is 0. The van der Waals surface area contributed by atoms with Gasteiger partial charge in [-0.2, -0.15) is 0 Å². The molecule has 1 aromatic heterocycles. The van der Waals surface area contributed by atoms with Crippen LogP contribution in [0.4, 0.5) is 4.39 Å². The van der Waals surface area contributed by atoms with Crippen molar-refractivity contribution >= 4 is 23.3 Å². The quantitative estimate of drug-likeness (QED) is 0.869. The Kier molecular flexibility index (Phi) is 4.54. The van der Waals surface area contributed by atoms with E-state index in [1.54, 1.807) is 13.0 Å². The molecule has 0 aliphatic carbocycles. The molecular weight excluding hydrogens is 239 g/mol. The molecule has 1 aromatic carbocycles. The van der Waals surface area contributed by atoms with E-state index in [1.807, 2.05) is 0 Å². The molecule has 0 spiro atoms. The Balaban J connectivity index is 0.00000144. The number of aromatic amines is 1. The predicted molar refractivity (Wildman–Crippen MR) is 72.2 cm³/mol. The average molecular weight is 257 g/mol. The van der Waals surface area contributed by atoms with Crippen molar-refractivity contribution in [3.63, 3.8) is 0 Å². The Labute approximate surface area is 107 Å². The van der Waals surface area contributed by atoms with Crippen LogP contribution in [0, 0.1) is 12.7 Å². The predicted octanol–water partition coefficient (Wildman–Crippen LogP) is 3.32. The van der Waals surface area contributed by atoms with Gasteiger partial charge in [-0.3, -0.25) is 0 Å². The third kappa shape index (κ3) is 2.79. The van der Waals surface area contributed by atoms with E-state index < -0.39 is 0 Å². The summed E-state index contributed by atoms with van der Waals surface area (Å²) in [4.78, 5) is 3.25. The number of halogens is 2. The smallest absolute Gasteiger partial charge is 0.128 e. The first kappa shape index (κ1) is 14.0. The molecule has 3 N–H and O–H groups in total. The lowest BCUT2D eigenvalue weighted by atomic mass is 10.1. The monoisotopic (exact) mass is 256 g/mol. The molecule has 0 aliphatic heterocycles. The van der Waals surface area contributed by atoms with Gasteiger partial charge >= 0.3 is 0 Å². The van der Waals surface area contributed by atoms with Crippen molar-refractivity contribution in [1.29, 1.82) is 0 Å². The van der Waals surface area contributed by atoms with Gasteiger partial charge in [0.2, 0.25) is 0 Å². The summed E-state index contributed by atoms with van der Waals surface area (Å²) < 4.78 is 13.3. The van der Waals surface area contributed by atoms with Gasteiger partial charge in [0.05, 0.1) is 5.52 Å². The fourth-order valence-corrected chi connectivity index (χ4v) is 1.91. The fraction of sp³-hybridized carbons (Fsp3) is 0.385. The van der Waals surface area contributed by atoms with E-state index in [9.17, 15) is 4.39 Å². The largest absolute Gasteiger partial charge is 0.358 e. The van der Waals surface area contributed by atoms with E-state index in [2.05, 4.69) is 18.0 Å². The highest BCUT2D eigenvalue weighted by molar-refractivity contribution is 5.85. The molecule has 17 heavy (non-hydrogen) atoms. The highest BCUT2D eigenvalue weighted by atomic mass is 35.5. The number of nitrogens with two attached hydrogens (primary N) is 1. The second-order valence-corrected chi connectivity index (χ2v) is 4.30. The molecule has 1 heterocycles. The van der Waals surface area contributed by atoms with Crippen LogP contribution in [0.25, 0.3) is 10.9 Å². The van der Waals surface area contributed by atoms with Crippen molar-refractivity contribution in [2.75, 3.05) is 0 Å². The van der Waals surface area contributed by atoms with Crippen LogP contribution in [0.5, 0.6) is 0 Å². The molecule has 94 valence electrons. The highest BCUT2D eigenvalue weighted by Crippen LogP contribution is 2.22. The van der Waals surface area contributed by atoms with E-state index >= 15 is 0 Å². The molecule has 1 atom stereocenters. The Morgan fingerprint density at radius 3 is 2.76 bits per heavy atom. The molecular formula is C13H18ClFN2. The van der Waals surface area contributed by atoms with Gasteiger partial charge in [0.15, 0.2) is 0 Å². The summed E-state index contributed by atoms with van der Waals surface area (Å²) in [5.74, 6) is -0.166. The molecule has 0 amide bonds. The molecule has 2 nitrogen and oxygen atoms in total. The summed E-state index contributed by atoms with van der Waals surface area (Å²) in [5.41, 5.74) is 8.54. The number of benzene rings is 1. The van der Waals surface area contributed by atoms with Gasteiger partial charge in [-0.1, -0.05) is 6.92 Å². The summed E-state index contributed by atoms with van der Waals surface area (Å²) in [6.07, 6.45) is 1.76. The fourth-order valence-electron chi connectivity index (χ4n) is 1.91. The van der Waals surface area contributed by atoms with Gasteiger partial charge < -0.3 is 10.7 Å². The van der Waals surface area contributed by atoms with Crippen molar-refractivity contribution in [1.82, 2.24) is 4.98 Å². The van der Waals surface area contributed by atoms with Crippen LogP contribution in [0.3, 0.4) is 0 Å². The van der Waals surface area contributed by atoms with E-state index in [-0.39, 0.29) is 24.3 Å². The van der Waals surface area contributed by atoms with Crippen LogP contribution in [0.15, 0.2) is 18.2 Å². The third-order valence-corrected chi connectivity index (χ3v) is 3.05. The van der Waals surface area contributed by atoms with Crippen LogP contribution in [-0.4, -0.2) is 11.0 Å². The first-order valence-electron chi connectivity index (χ1n) is 5.64. The Hall–Kier alpha value is -1.06. The normalized spacial score (nSPS) is 12.5. The minimum atomic E-state index is -0.166. The molecule has 0 radical (unpaired) electrons. The van der Waals surface area contributed by atoms with Gasteiger partial charge in [-0.15, -0.1) is 12.4 Å². The minimum absolute atomic E-state index is 0. The topological polar surface area (TPSA) is 41.8 Å². The SMILES string of the molecule is CCC(N)Cc1cc2ccc(F)c(C)c2[nH]1.Cl. The van der Waals surface area contributed by atoms with Crippen LogP contribution >= 0.6 is 12.4 Å². The second-order valence-electron chi connectivity index (χ2n) is 4.30. The Bertz CT molecular complexity index is 507. The van der Waals surface area contributed by atoms with Crippen molar-refractivity contribution < 1.29 is 4.39 Å². The molecule has 0 bridgehead atoms. The Morgan fingerprint density at radius 2 is 2.12 bits per heavy atom. The van der Waals surface area contributed by atoms with E-state index in [4.69, 9.17) is 5.73 Å². The lowest BCUT2D eigenvalue weighted by molar-refractivity contribution is 0.620. The lowest BCUT2D eigenvalue weighted by Crippen LogP contribution is -2.21. The summed E-state index contributed by atoms with van der Waals surface area (Å²) in [6.45, 7) is 3.86. The number of hydrogen-bond donors (Lipinski definition) is 2. The number of H-pyrrole nitrogens is 1. The third-order valence-electron chi connectivity index (χ3n) is 3.05. The zero-order chi connectivity index (χ0) is 11.7. The molecule has 0 saturated heterocycles. The lowest BCUT2D eigenvalue weighted by Gasteiger charge is -2.05. The summed E-state index contributed by atoms with van der Waals surface area (Å²) in [6, 6.07) is 5.53. The zero-order valence-corrected chi connectivity index (χ0v) is 10.9. The first-order valence-corrected chi connectivity index (χ1v) is 5.64. The number of nitrogens with one attached hydrogen (secondary N) is 1. The number of aryl methyl sites for hydroxylation is 1. The summed E-state index contributed by atoms with van der Waals surface area (Å²) in [5, 5.41) is 1.05. The average Bonchev–Trinajstić information content (AvgIpc) is 2.67. The van der Waals surface area contributed by atoms with Crippen LogP contribution in [0.2, 0.25) is 0 Å². The van der Waals surface area contributed by atoms with E-state index in [0.717, 1.165) is 29.4 Å². The van der Waals surface area contributed by atoms with E-state index in [1.165, 1.54) is 6.07 Å². The number of fused-ring (bicyclic) bond motifs is 1. The molecule has 0 fully saturated rings. The minimum Gasteiger partial charge on any atom is -0.358 e. The van der Waals surface area contributed by atoms with E-state index in [0.29, 0.717) is 5.56 Å². The van der Waals surface area contributed by atoms with Gasteiger partial charge in [0, 0.05) is 29.1 Å². The number of aromatic nitrogens is 1. The maximum Gasteiger partial charge on any atom is 0.128 e. The van der Waals surface area contributed by atoms with Gasteiger partial charge in [0.25, 0.3) is 0 Å². The number of rotatable bonds is 3. The first-order chi connectivity index (χ1) is 7.61. The van der Waals surface area contributed by atoms with Crippen LogP contribution in [0.1, 0.15) is 24.6 Å². The molecule has 1 unspecified atom stereocenters. The molecule has 2 rings (SSSR count). The van der Waals surface area contributed by atoms with Gasteiger partial charge in [-0.05, 0) is 31.5 Å². The van der Waals surface area contributed by atoms with Crippen molar-refractivity contribution in [3.05, 3.63) is 35.3 Å². The number of hydrogen-bond acceptors (Lipinski definition) is 1. The standard InChI is InChI=1S/C13H17FN2.ClH/c1-3-10(15)7-11-6-9-4-5-12(14)8(2)13(9)16-11;/h4-6,10,16H,3,7,15H2,1-2H3;1H. The van der Waals surface area contributed by atoms with Crippen molar-refractivity contribution in [3.8, 4) is 0 Å². The maximum atomic E-state index is 13.3.